The molecule has 0 unspecified atom stereocenters. The first-order chi connectivity index (χ1) is 9.24. The molecule has 106 valence electrons. The largest absolute Gasteiger partial charge is 0.435 e. The van der Waals surface area contributed by atoms with Crippen LogP contribution in [-0.4, -0.2) is 13.2 Å². The molecule has 2 nitrogen and oxygen atoms in total. The summed E-state index contributed by atoms with van der Waals surface area (Å²) >= 11 is 0. The molecule has 0 heterocycles. The van der Waals surface area contributed by atoms with Crippen LogP contribution in [0.1, 0.15) is 37.7 Å². The summed E-state index contributed by atoms with van der Waals surface area (Å²) in [5, 5.41) is 3.40. The van der Waals surface area contributed by atoms with E-state index in [2.05, 4.69) is 10.1 Å². The lowest BCUT2D eigenvalue weighted by Crippen LogP contribution is -2.17. The maximum absolute atomic E-state index is 12.0. The summed E-state index contributed by atoms with van der Waals surface area (Å²) < 4.78 is 28.3. The van der Waals surface area contributed by atoms with E-state index in [4.69, 9.17) is 0 Å². The second kappa shape index (κ2) is 7.43. The number of benzene rings is 1. The topological polar surface area (TPSA) is 21.3 Å². The molecular weight excluding hydrogens is 248 g/mol. The van der Waals surface area contributed by atoms with Crippen LogP contribution in [0.4, 0.5) is 8.78 Å². The molecule has 1 aliphatic carbocycles. The van der Waals surface area contributed by atoms with Crippen LogP contribution >= 0.6 is 0 Å². The van der Waals surface area contributed by atoms with Gasteiger partial charge in [0.05, 0.1) is 0 Å². The van der Waals surface area contributed by atoms with Crippen molar-refractivity contribution in [1.29, 1.82) is 0 Å². The summed E-state index contributed by atoms with van der Waals surface area (Å²) in [6.45, 7) is -0.947. The zero-order valence-corrected chi connectivity index (χ0v) is 11.1. The third-order valence-electron chi connectivity index (χ3n) is 3.68. The number of hydrogen-bond donors (Lipinski definition) is 1. The van der Waals surface area contributed by atoms with Crippen LogP contribution < -0.4 is 10.1 Å². The van der Waals surface area contributed by atoms with Gasteiger partial charge in [0.1, 0.15) is 5.75 Å². The molecule has 0 amide bonds. The van der Waals surface area contributed by atoms with Crippen LogP contribution in [0, 0.1) is 5.92 Å². The van der Waals surface area contributed by atoms with Gasteiger partial charge in [-0.25, -0.2) is 0 Å². The first-order valence-corrected chi connectivity index (χ1v) is 6.98. The molecule has 1 aliphatic rings. The van der Waals surface area contributed by atoms with Crippen molar-refractivity contribution in [3.05, 3.63) is 29.8 Å². The van der Waals surface area contributed by atoms with Crippen LogP contribution in [0.5, 0.6) is 5.75 Å². The van der Waals surface area contributed by atoms with Gasteiger partial charge in [-0.1, -0.05) is 37.8 Å². The molecule has 1 aromatic rings. The van der Waals surface area contributed by atoms with E-state index in [0.717, 1.165) is 24.6 Å². The molecule has 0 spiro atoms. The molecule has 0 saturated heterocycles. The molecule has 1 saturated carbocycles. The molecule has 1 N–H and O–H groups in total. The van der Waals surface area contributed by atoms with Crippen LogP contribution in [0.15, 0.2) is 24.3 Å². The van der Waals surface area contributed by atoms with Crippen molar-refractivity contribution in [1.82, 2.24) is 5.32 Å². The van der Waals surface area contributed by atoms with E-state index in [-0.39, 0.29) is 5.75 Å². The predicted molar refractivity (Wildman–Crippen MR) is 71.4 cm³/mol. The maximum Gasteiger partial charge on any atom is 0.387 e. The quantitative estimate of drug-likeness (QED) is 0.757. The molecule has 0 bridgehead atoms. The molecule has 19 heavy (non-hydrogen) atoms. The lowest BCUT2D eigenvalue weighted by Gasteiger charge is -2.10. The zero-order chi connectivity index (χ0) is 13.5. The van der Waals surface area contributed by atoms with Crippen molar-refractivity contribution >= 4 is 0 Å². The Labute approximate surface area is 113 Å². The minimum absolute atomic E-state index is 0.213. The lowest BCUT2D eigenvalue weighted by atomic mass is 10.0. The van der Waals surface area contributed by atoms with Crippen molar-refractivity contribution in [2.75, 3.05) is 6.54 Å². The fraction of sp³-hybridized carbons (Fsp3) is 0.600. The molecule has 0 aliphatic heterocycles. The van der Waals surface area contributed by atoms with Gasteiger partial charge in [0.2, 0.25) is 0 Å². The highest BCUT2D eigenvalue weighted by molar-refractivity contribution is 5.27. The van der Waals surface area contributed by atoms with E-state index >= 15 is 0 Å². The molecule has 0 atom stereocenters. The van der Waals surface area contributed by atoms with Gasteiger partial charge in [0, 0.05) is 6.54 Å². The van der Waals surface area contributed by atoms with Crippen LogP contribution in [0.3, 0.4) is 0 Å². The van der Waals surface area contributed by atoms with Crippen LogP contribution in [0.2, 0.25) is 0 Å². The van der Waals surface area contributed by atoms with Gasteiger partial charge in [-0.2, -0.15) is 8.78 Å². The molecule has 0 aromatic heterocycles. The predicted octanol–water partition coefficient (Wildman–Crippen LogP) is 3.96. The Balaban J connectivity index is 1.65. The van der Waals surface area contributed by atoms with Crippen molar-refractivity contribution in [3.8, 4) is 5.75 Å². The molecule has 1 aromatic carbocycles. The van der Waals surface area contributed by atoms with Gasteiger partial charge in [-0.3, -0.25) is 0 Å². The molecule has 4 heteroatoms. The van der Waals surface area contributed by atoms with Crippen LogP contribution in [0.25, 0.3) is 0 Å². The zero-order valence-electron chi connectivity index (χ0n) is 11.1. The highest BCUT2D eigenvalue weighted by Crippen LogP contribution is 2.26. The Morgan fingerprint density at radius 3 is 2.47 bits per heavy atom. The van der Waals surface area contributed by atoms with Gasteiger partial charge in [-0.05, 0) is 36.6 Å². The average Bonchev–Trinajstić information content (AvgIpc) is 2.89. The summed E-state index contributed by atoms with van der Waals surface area (Å²) in [5.41, 5.74) is 1.09. The normalized spacial score (nSPS) is 16.2. The van der Waals surface area contributed by atoms with Crippen LogP contribution in [-0.2, 0) is 6.54 Å². The van der Waals surface area contributed by atoms with Gasteiger partial charge in [0.25, 0.3) is 0 Å². The smallest absolute Gasteiger partial charge is 0.387 e. The third-order valence-corrected chi connectivity index (χ3v) is 3.68. The molecule has 1 fully saturated rings. The van der Waals surface area contributed by atoms with E-state index in [1.54, 1.807) is 12.1 Å². The monoisotopic (exact) mass is 269 g/mol. The average molecular weight is 269 g/mol. The molecule has 0 radical (unpaired) electrons. The van der Waals surface area contributed by atoms with Crippen molar-refractivity contribution in [2.24, 2.45) is 5.92 Å². The Morgan fingerprint density at radius 1 is 1.16 bits per heavy atom. The summed E-state index contributed by atoms with van der Waals surface area (Å²) in [4.78, 5) is 0. The van der Waals surface area contributed by atoms with Crippen molar-refractivity contribution < 1.29 is 13.5 Å². The second-order valence-electron chi connectivity index (χ2n) is 5.14. The molecular formula is C15H21F2NO. The summed E-state index contributed by atoms with van der Waals surface area (Å²) in [6, 6.07) is 6.81. The van der Waals surface area contributed by atoms with Crippen molar-refractivity contribution in [3.63, 3.8) is 0 Å². The number of nitrogens with one attached hydrogen (secondary N) is 1. The second-order valence-corrected chi connectivity index (χ2v) is 5.14. The molecule has 2 rings (SSSR count). The highest BCUT2D eigenvalue weighted by Gasteiger charge is 2.13. The minimum Gasteiger partial charge on any atom is -0.435 e. The van der Waals surface area contributed by atoms with E-state index in [0.29, 0.717) is 0 Å². The SMILES string of the molecule is FC(F)Oc1ccc(CNCCC2CCCC2)cc1. The van der Waals surface area contributed by atoms with E-state index in [1.807, 2.05) is 12.1 Å². The Bertz CT molecular complexity index is 361. The summed E-state index contributed by atoms with van der Waals surface area (Å²) in [7, 11) is 0. The third kappa shape index (κ3) is 5.15. The maximum atomic E-state index is 12.0. The number of ether oxygens (including phenoxy) is 1. The first-order valence-electron chi connectivity index (χ1n) is 6.98. The van der Waals surface area contributed by atoms with E-state index in [9.17, 15) is 8.78 Å². The van der Waals surface area contributed by atoms with E-state index < -0.39 is 6.61 Å². The van der Waals surface area contributed by atoms with Gasteiger partial charge >= 0.3 is 6.61 Å². The standard InChI is InChI=1S/C15H21F2NO/c16-15(17)19-14-7-5-13(6-8-14)11-18-10-9-12-3-1-2-4-12/h5-8,12,15,18H,1-4,9-11H2. The fourth-order valence-electron chi connectivity index (χ4n) is 2.63. The lowest BCUT2D eigenvalue weighted by molar-refractivity contribution is -0.0498. The first kappa shape index (κ1) is 14.3. The Hall–Kier alpha value is -1.16. The Kier molecular flexibility index (Phi) is 5.58. The number of rotatable bonds is 7. The van der Waals surface area contributed by atoms with Gasteiger partial charge in [-0.15, -0.1) is 0 Å². The van der Waals surface area contributed by atoms with Gasteiger partial charge in [0.15, 0.2) is 0 Å². The number of halogens is 2. The van der Waals surface area contributed by atoms with E-state index in [1.165, 1.54) is 32.1 Å². The number of hydrogen-bond acceptors (Lipinski definition) is 2. The highest BCUT2D eigenvalue weighted by atomic mass is 19.3. The van der Waals surface area contributed by atoms with Crippen molar-refractivity contribution in [2.45, 2.75) is 45.3 Å². The number of alkyl halides is 2. The fourth-order valence-corrected chi connectivity index (χ4v) is 2.63. The summed E-state index contributed by atoms with van der Waals surface area (Å²) in [5.74, 6) is 1.11. The summed E-state index contributed by atoms with van der Waals surface area (Å²) in [6.07, 6.45) is 6.77. The van der Waals surface area contributed by atoms with Gasteiger partial charge < -0.3 is 10.1 Å². The Morgan fingerprint density at radius 2 is 1.84 bits per heavy atom. The minimum atomic E-state index is -2.75.